The molecule has 2 aromatic rings. The van der Waals surface area contributed by atoms with Crippen LogP contribution in [0.3, 0.4) is 0 Å². The fourth-order valence-electron chi connectivity index (χ4n) is 3.32. The molecule has 1 saturated carbocycles. The van der Waals surface area contributed by atoms with Gasteiger partial charge in [0.15, 0.2) is 11.5 Å². The summed E-state index contributed by atoms with van der Waals surface area (Å²) in [6, 6.07) is 9.76. The molecule has 0 aliphatic heterocycles. The summed E-state index contributed by atoms with van der Waals surface area (Å²) in [5.74, 6) is 0.602. The Bertz CT molecular complexity index is 859. The molecule has 1 amide bonds. The number of carbonyl (C=O) groups is 1. The summed E-state index contributed by atoms with van der Waals surface area (Å²) in [5.41, 5.74) is 0.761. The normalized spacial score (nSPS) is 14.0. The molecule has 7 nitrogen and oxygen atoms in total. The third-order valence-electron chi connectivity index (χ3n) is 4.68. The van der Waals surface area contributed by atoms with Crippen molar-refractivity contribution < 1.29 is 19.2 Å². The van der Waals surface area contributed by atoms with Crippen LogP contribution in [-0.2, 0) is 0 Å². The van der Waals surface area contributed by atoms with Gasteiger partial charge in [-0.25, -0.2) is 0 Å². The van der Waals surface area contributed by atoms with Gasteiger partial charge in [-0.1, -0.05) is 12.1 Å². The van der Waals surface area contributed by atoms with E-state index >= 15 is 0 Å². The van der Waals surface area contributed by atoms with Gasteiger partial charge in [0, 0.05) is 17.3 Å². The van der Waals surface area contributed by atoms with Crippen molar-refractivity contribution in [2.75, 3.05) is 12.4 Å². The number of carbonyl (C=O) groups excluding carboxylic acids is 1. The van der Waals surface area contributed by atoms with Gasteiger partial charge in [-0.3, -0.25) is 14.9 Å². The topological polar surface area (TPSA) is 90.7 Å². The molecule has 1 aliphatic carbocycles. The van der Waals surface area contributed by atoms with Gasteiger partial charge in [-0.15, -0.1) is 0 Å². The van der Waals surface area contributed by atoms with E-state index in [1.54, 1.807) is 44.4 Å². The van der Waals surface area contributed by atoms with Gasteiger partial charge in [0.25, 0.3) is 11.6 Å². The summed E-state index contributed by atoms with van der Waals surface area (Å²) < 4.78 is 11.4. The zero-order chi connectivity index (χ0) is 19.4. The molecule has 7 heteroatoms. The van der Waals surface area contributed by atoms with E-state index in [1.807, 2.05) is 0 Å². The maximum Gasteiger partial charge on any atom is 0.285 e. The van der Waals surface area contributed by atoms with E-state index in [1.165, 1.54) is 6.07 Å². The molecule has 3 rings (SSSR count). The highest BCUT2D eigenvalue weighted by Crippen LogP contribution is 2.34. The van der Waals surface area contributed by atoms with E-state index in [2.05, 4.69) is 5.32 Å². The number of para-hydroxylation sites is 1. The minimum absolute atomic E-state index is 0.0223. The Morgan fingerprint density at radius 3 is 2.59 bits per heavy atom. The number of anilines is 1. The Labute approximate surface area is 157 Å². The number of ether oxygens (including phenoxy) is 2. The van der Waals surface area contributed by atoms with Crippen LogP contribution in [0.15, 0.2) is 36.4 Å². The Morgan fingerprint density at radius 1 is 1.19 bits per heavy atom. The number of benzene rings is 2. The molecular weight excluding hydrogens is 348 g/mol. The first-order valence-corrected chi connectivity index (χ1v) is 8.89. The summed E-state index contributed by atoms with van der Waals surface area (Å²) in [5, 5.41) is 14.0. The van der Waals surface area contributed by atoms with E-state index in [0.717, 1.165) is 25.7 Å². The average Bonchev–Trinajstić information content (AvgIpc) is 3.14. The van der Waals surface area contributed by atoms with Crippen molar-refractivity contribution in [3.05, 3.63) is 57.6 Å². The maximum atomic E-state index is 12.6. The van der Waals surface area contributed by atoms with Crippen molar-refractivity contribution in [3.8, 4) is 11.5 Å². The Hall–Kier alpha value is -3.09. The monoisotopic (exact) mass is 370 g/mol. The number of nitro groups is 1. The number of amides is 1. The van der Waals surface area contributed by atoms with Crippen molar-refractivity contribution in [1.29, 1.82) is 0 Å². The highest BCUT2D eigenvalue weighted by molar-refractivity contribution is 6.07. The highest BCUT2D eigenvalue weighted by atomic mass is 16.6. The number of nitrogens with one attached hydrogen (secondary N) is 1. The fraction of sp³-hybridized carbons (Fsp3) is 0.350. The van der Waals surface area contributed by atoms with Crippen molar-refractivity contribution >= 4 is 17.3 Å². The summed E-state index contributed by atoms with van der Waals surface area (Å²) in [7, 11) is 1.56. The van der Waals surface area contributed by atoms with Gasteiger partial charge in [0.05, 0.1) is 18.1 Å². The molecule has 1 fully saturated rings. The maximum absolute atomic E-state index is 12.6. The average molecular weight is 370 g/mol. The Morgan fingerprint density at radius 2 is 1.93 bits per heavy atom. The predicted molar refractivity (Wildman–Crippen MR) is 102 cm³/mol. The van der Waals surface area contributed by atoms with Crippen LogP contribution >= 0.6 is 0 Å². The van der Waals surface area contributed by atoms with Crippen molar-refractivity contribution in [2.24, 2.45) is 0 Å². The number of nitro benzene ring substituents is 1. The first-order valence-electron chi connectivity index (χ1n) is 8.89. The number of rotatable bonds is 6. The third-order valence-corrected chi connectivity index (χ3v) is 4.68. The molecule has 2 aromatic carbocycles. The van der Waals surface area contributed by atoms with E-state index in [4.69, 9.17) is 9.47 Å². The Kier molecular flexibility index (Phi) is 5.59. The quantitative estimate of drug-likeness (QED) is 0.598. The largest absolute Gasteiger partial charge is 0.493 e. The smallest absolute Gasteiger partial charge is 0.285 e. The second-order valence-corrected chi connectivity index (χ2v) is 6.57. The minimum atomic E-state index is -0.539. The van der Waals surface area contributed by atoms with Gasteiger partial charge in [0.2, 0.25) is 0 Å². The van der Waals surface area contributed by atoms with E-state index in [0.29, 0.717) is 22.7 Å². The summed E-state index contributed by atoms with van der Waals surface area (Å²) in [6.45, 7) is 1.61. The molecule has 0 aromatic heterocycles. The van der Waals surface area contributed by atoms with Crippen LogP contribution in [0.4, 0.5) is 11.4 Å². The van der Waals surface area contributed by atoms with Gasteiger partial charge < -0.3 is 14.8 Å². The second-order valence-electron chi connectivity index (χ2n) is 6.57. The lowest BCUT2D eigenvalue weighted by molar-refractivity contribution is -0.385. The molecule has 142 valence electrons. The third kappa shape index (κ3) is 4.19. The van der Waals surface area contributed by atoms with Crippen LogP contribution in [0.1, 0.15) is 41.6 Å². The SMILES string of the molecule is COc1ccc(NC(=O)c2cccc(C)c2[N+](=O)[O-])cc1OC1CCCC1. The van der Waals surface area contributed by atoms with Crippen molar-refractivity contribution in [3.63, 3.8) is 0 Å². The summed E-state index contributed by atoms with van der Waals surface area (Å²) in [4.78, 5) is 23.4. The van der Waals surface area contributed by atoms with Gasteiger partial charge in [-0.2, -0.15) is 0 Å². The molecule has 0 atom stereocenters. The van der Waals surface area contributed by atoms with Gasteiger partial charge >= 0.3 is 0 Å². The number of aryl methyl sites for hydroxylation is 1. The van der Waals surface area contributed by atoms with E-state index in [-0.39, 0.29) is 17.4 Å². The van der Waals surface area contributed by atoms with Crippen molar-refractivity contribution in [1.82, 2.24) is 0 Å². The second kappa shape index (κ2) is 8.07. The number of nitrogens with zero attached hydrogens (tertiary/aromatic N) is 1. The molecule has 27 heavy (non-hydrogen) atoms. The zero-order valence-corrected chi connectivity index (χ0v) is 15.4. The van der Waals surface area contributed by atoms with E-state index in [9.17, 15) is 14.9 Å². The summed E-state index contributed by atoms with van der Waals surface area (Å²) in [6.07, 6.45) is 4.41. The van der Waals surface area contributed by atoms with Gasteiger partial charge in [-0.05, 0) is 50.8 Å². The first-order chi connectivity index (χ1) is 13.0. The summed E-state index contributed by atoms with van der Waals surface area (Å²) >= 11 is 0. The van der Waals surface area contributed by atoms with Crippen LogP contribution in [0.25, 0.3) is 0 Å². The van der Waals surface area contributed by atoms with Crippen LogP contribution < -0.4 is 14.8 Å². The number of hydrogen-bond donors (Lipinski definition) is 1. The lowest BCUT2D eigenvalue weighted by Crippen LogP contribution is -2.15. The lowest BCUT2D eigenvalue weighted by Gasteiger charge is -2.17. The van der Waals surface area contributed by atoms with E-state index < -0.39 is 10.8 Å². The zero-order valence-electron chi connectivity index (χ0n) is 15.4. The standard InChI is InChI=1S/C20H22N2O5/c1-13-6-5-9-16(19(13)22(24)25)20(23)21-14-10-11-17(26-2)18(12-14)27-15-7-3-4-8-15/h5-6,9-12,15H,3-4,7-8H2,1-2H3,(H,21,23). The molecule has 0 radical (unpaired) electrons. The predicted octanol–water partition coefficient (Wildman–Crippen LogP) is 4.49. The molecule has 0 saturated heterocycles. The molecule has 1 aliphatic rings. The highest BCUT2D eigenvalue weighted by Gasteiger charge is 2.23. The van der Waals surface area contributed by atoms with Crippen LogP contribution in [0, 0.1) is 17.0 Å². The number of hydrogen-bond acceptors (Lipinski definition) is 5. The van der Waals surface area contributed by atoms with Gasteiger partial charge in [0.1, 0.15) is 5.56 Å². The van der Waals surface area contributed by atoms with Crippen molar-refractivity contribution in [2.45, 2.75) is 38.7 Å². The molecular formula is C20H22N2O5. The van der Waals surface area contributed by atoms with Crippen LogP contribution in [0.5, 0.6) is 11.5 Å². The number of methoxy groups -OCH3 is 1. The molecule has 1 N–H and O–H groups in total. The molecule has 0 spiro atoms. The molecule has 0 unspecified atom stereocenters. The minimum Gasteiger partial charge on any atom is -0.493 e. The fourth-order valence-corrected chi connectivity index (χ4v) is 3.32. The first kappa shape index (κ1) is 18.7. The molecule has 0 bridgehead atoms. The Balaban J connectivity index is 1.84. The lowest BCUT2D eigenvalue weighted by atomic mass is 10.1. The van der Waals surface area contributed by atoms with Crippen LogP contribution in [0.2, 0.25) is 0 Å². The molecule has 0 heterocycles. The van der Waals surface area contributed by atoms with Crippen LogP contribution in [-0.4, -0.2) is 24.0 Å².